The summed E-state index contributed by atoms with van der Waals surface area (Å²) in [6.07, 6.45) is 2.28. The van der Waals surface area contributed by atoms with Crippen molar-refractivity contribution in [3.8, 4) is 6.07 Å². The maximum atomic E-state index is 13.7. The van der Waals surface area contributed by atoms with E-state index in [1.165, 1.54) is 16.2 Å². The van der Waals surface area contributed by atoms with Crippen LogP contribution in [0.15, 0.2) is 89.8 Å². The van der Waals surface area contributed by atoms with Gasteiger partial charge in [-0.05, 0) is 41.5 Å². The van der Waals surface area contributed by atoms with Crippen LogP contribution >= 0.6 is 0 Å². The summed E-state index contributed by atoms with van der Waals surface area (Å²) in [5.41, 5.74) is -0.382. The predicted octanol–water partition coefficient (Wildman–Crippen LogP) is 5.99. The van der Waals surface area contributed by atoms with Gasteiger partial charge in [0.25, 0.3) is 5.56 Å². The van der Waals surface area contributed by atoms with Crippen LogP contribution in [-0.4, -0.2) is 4.57 Å². The molecule has 0 fully saturated rings. The summed E-state index contributed by atoms with van der Waals surface area (Å²) in [7, 11) is 0. The second-order valence-electron chi connectivity index (χ2n) is 8.01. The Morgan fingerprint density at radius 2 is 1.64 bits per heavy atom. The van der Waals surface area contributed by atoms with Gasteiger partial charge in [0.15, 0.2) is 0 Å². The van der Waals surface area contributed by atoms with Crippen molar-refractivity contribution in [1.29, 1.82) is 5.26 Å². The quantitative estimate of drug-likeness (QED) is 0.483. The van der Waals surface area contributed by atoms with E-state index in [1.54, 1.807) is 30.3 Å². The Morgan fingerprint density at radius 3 is 2.18 bits per heavy atom. The summed E-state index contributed by atoms with van der Waals surface area (Å²) in [6.45, 7) is 0.0699. The van der Waals surface area contributed by atoms with Crippen molar-refractivity contribution in [3.63, 3.8) is 0 Å². The van der Waals surface area contributed by atoms with Crippen molar-refractivity contribution in [2.24, 2.45) is 5.92 Å². The molecule has 3 aromatic rings. The molecule has 1 aliphatic rings. The van der Waals surface area contributed by atoms with Crippen molar-refractivity contribution < 1.29 is 13.2 Å². The number of pyridine rings is 1. The fourth-order valence-corrected chi connectivity index (χ4v) is 4.06. The summed E-state index contributed by atoms with van der Waals surface area (Å²) in [5.74, 6) is 0.214. The minimum Gasteiger partial charge on any atom is -0.303 e. The van der Waals surface area contributed by atoms with Crippen LogP contribution < -0.4 is 5.56 Å². The smallest absolute Gasteiger partial charge is 0.303 e. The van der Waals surface area contributed by atoms with Crippen LogP contribution in [0.1, 0.15) is 34.4 Å². The lowest BCUT2D eigenvalue weighted by atomic mass is 9.89. The molecule has 0 saturated heterocycles. The average Bonchev–Trinajstić information content (AvgIpc) is 2.81. The third-order valence-electron chi connectivity index (χ3n) is 5.73. The normalized spacial score (nSPS) is 15.7. The number of rotatable bonds is 5. The molecule has 1 heterocycles. The molecule has 3 nitrogen and oxygen atoms in total. The maximum Gasteiger partial charge on any atom is 0.417 e. The highest BCUT2D eigenvalue weighted by Gasteiger charge is 2.36. The molecule has 1 unspecified atom stereocenters. The molecular weight excluding hydrogens is 425 g/mol. The molecule has 0 saturated carbocycles. The van der Waals surface area contributed by atoms with Crippen LogP contribution in [0.5, 0.6) is 0 Å². The lowest BCUT2D eigenvalue weighted by Crippen LogP contribution is -2.30. The van der Waals surface area contributed by atoms with Gasteiger partial charge in [0.1, 0.15) is 11.6 Å². The molecule has 166 valence electrons. The second-order valence-corrected chi connectivity index (χ2v) is 8.01. The number of allylic oxidation sites excluding steroid dienone is 4. The fourth-order valence-electron chi connectivity index (χ4n) is 4.06. The van der Waals surface area contributed by atoms with E-state index in [-0.39, 0.29) is 18.2 Å². The van der Waals surface area contributed by atoms with Crippen LogP contribution in [0.3, 0.4) is 0 Å². The number of alkyl halides is 3. The minimum atomic E-state index is -4.81. The van der Waals surface area contributed by atoms with Gasteiger partial charge < -0.3 is 4.57 Å². The van der Waals surface area contributed by atoms with E-state index >= 15 is 0 Å². The van der Waals surface area contributed by atoms with Crippen LogP contribution in [0.25, 0.3) is 5.57 Å². The Labute approximate surface area is 189 Å². The van der Waals surface area contributed by atoms with E-state index in [9.17, 15) is 23.2 Å². The van der Waals surface area contributed by atoms with E-state index in [0.29, 0.717) is 12.0 Å². The lowest BCUT2D eigenvalue weighted by Gasteiger charge is -2.21. The molecule has 0 bridgehead atoms. The average molecular weight is 446 g/mol. The molecule has 33 heavy (non-hydrogen) atoms. The van der Waals surface area contributed by atoms with Gasteiger partial charge in [0, 0.05) is 0 Å². The van der Waals surface area contributed by atoms with Crippen molar-refractivity contribution in [2.75, 3.05) is 0 Å². The SMILES string of the molecule is N#Cc1c(C(F)(F)F)cc(C2=CCC(Cc3ccccc3)C=C2)n(Cc2ccccc2)c1=O. The van der Waals surface area contributed by atoms with Crippen molar-refractivity contribution in [3.05, 3.63) is 123 Å². The van der Waals surface area contributed by atoms with Gasteiger partial charge in [0.05, 0.1) is 17.8 Å². The molecule has 0 N–H and O–H groups in total. The first-order chi connectivity index (χ1) is 15.9. The number of hydrogen-bond donors (Lipinski definition) is 0. The predicted molar refractivity (Wildman–Crippen MR) is 121 cm³/mol. The van der Waals surface area contributed by atoms with Gasteiger partial charge in [-0.3, -0.25) is 4.79 Å². The van der Waals surface area contributed by atoms with Crippen LogP contribution in [0.4, 0.5) is 13.2 Å². The van der Waals surface area contributed by atoms with E-state index in [4.69, 9.17) is 0 Å². The monoisotopic (exact) mass is 446 g/mol. The number of benzene rings is 2. The Morgan fingerprint density at radius 1 is 1.00 bits per heavy atom. The molecular formula is C27H21F3N2O. The molecule has 0 spiro atoms. The number of hydrogen-bond acceptors (Lipinski definition) is 2. The van der Waals surface area contributed by atoms with Crippen LogP contribution in [0.2, 0.25) is 0 Å². The van der Waals surface area contributed by atoms with Crippen molar-refractivity contribution >= 4 is 5.57 Å². The standard InChI is InChI=1S/C27H21F3N2O/c28-27(29,30)24-16-25(22-13-11-20(12-14-22)15-19-7-3-1-4-8-19)32(26(33)23(24)17-31)18-21-9-5-2-6-10-21/h1-11,13-14,16,20H,12,15,18H2. The highest BCUT2D eigenvalue weighted by molar-refractivity contribution is 5.74. The number of nitriles is 1. The summed E-state index contributed by atoms with van der Waals surface area (Å²) < 4.78 is 42.3. The zero-order valence-corrected chi connectivity index (χ0v) is 17.7. The lowest BCUT2D eigenvalue weighted by molar-refractivity contribution is -0.138. The molecule has 0 radical (unpaired) electrons. The van der Waals surface area contributed by atoms with Gasteiger partial charge in [0.2, 0.25) is 0 Å². The van der Waals surface area contributed by atoms with Gasteiger partial charge in [-0.25, -0.2) is 0 Å². The van der Waals surface area contributed by atoms with Crippen molar-refractivity contribution in [1.82, 2.24) is 4.57 Å². The van der Waals surface area contributed by atoms with Gasteiger partial charge in [-0.1, -0.05) is 78.9 Å². The van der Waals surface area contributed by atoms with Gasteiger partial charge in [-0.15, -0.1) is 0 Å². The van der Waals surface area contributed by atoms with Crippen molar-refractivity contribution in [2.45, 2.75) is 25.6 Å². The largest absolute Gasteiger partial charge is 0.417 e. The third-order valence-corrected chi connectivity index (χ3v) is 5.73. The van der Waals surface area contributed by atoms with Gasteiger partial charge >= 0.3 is 6.18 Å². The first-order valence-electron chi connectivity index (χ1n) is 10.6. The summed E-state index contributed by atoms with van der Waals surface area (Å²) >= 11 is 0. The Bertz CT molecular complexity index is 1300. The zero-order chi connectivity index (χ0) is 23.4. The highest BCUT2D eigenvalue weighted by atomic mass is 19.4. The molecule has 4 rings (SSSR count). The van der Waals surface area contributed by atoms with Gasteiger partial charge in [-0.2, -0.15) is 18.4 Å². The summed E-state index contributed by atoms with van der Waals surface area (Å²) in [4.78, 5) is 13.0. The van der Waals surface area contributed by atoms with E-state index in [1.807, 2.05) is 48.6 Å². The number of nitrogens with zero attached hydrogens (tertiary/aromatic N) is 2. The van der Waals surface area contributed by atoms with E-state index in [0.717, 1.165) is 18.1 Å². The molecule has 0 aliphatic heterocycles. The first kappa shape index (κ1) is 22.3. The molecule has 6 heteroatoms. The second kappa shape index (κ2) is 9.33. The molecule has 1 atom stereocenters. The highest BCUT2D eigenvalue weighted by Crippen LogP contribution is 2.34. The molecule has 1 aliphatic carbocycles. The molecule has 1 aromatic heterocycles. The van der Waals surface area contributed by atoms with E-state index < -0.39 is 22.9 Å². The Hall–Kier alpha value is -3.85. The summed E-state index contributed by atoms with van der Waals surface area (Å²) in [5, 5.41) is 9.34. The fraction of sp³-hybridized carbons (Fsp3) is 0.185. The zero-order valence-electron chi connectivity index (χ0n) is 17.7. The first-order valence-corrected chi connectivity index (χ1v) is 10.6. The maximum absolute atomic E-state index is 13.7. The molecule has 2 aromatic carbocycles. The number of halogens is 3. The Kier molecular flexibility index (Phi) is 6.32. The van der Waals surface area contributed by atoms with Crippen LogP contribution in [-0.2, 0) is 19.1 Å². The number of aromatic nitrogens is 1. The van der Waals surface area contributed by atoms with Crippen LogP contribution in [0, 0.1) is 17.2 Å². The topological polar surface area (TPSA) is 45.8 Å². The van der Waals surface area contributed by atoms with E-state index in [2.05, 4.69) is 0 Å². The minimum absolute atomic E-state index is 0.0699. The Balaban J connectivity index is 1.75. The third kappa shape index (κ3) is 4.98. The molecule has 0 amide bonds. The summed E-state index contributed by atoms with van der Waals surface area (Å²) in [6, 6.07) is 21.4.